The van der Waals surface area contributed by atoms with Crippen LogP contribution in [0.5, 0.6) is 0 Å². The number of aromatic nitrogens is 1. The summed E-state index contributed by atoms with van der Waals surface area (Å²) in [5.74, 6) is 4.67. The molecule has 1 aromatic carbocycles. The SMILES string of the molecule is O=C(CC1C2CC3CC(C2)CC1C3)Nc1cccc2c(=O)n(C3CN4CCC3CC4)ccc12. The summed E-state index contributed by atoms with van der Waals surface area (Å²) in [5, 5.41) is 4.80. The van der Waals surface area contributed by atoms with E-state index in [4.69, 9.17) is 0 Å². The Labute approximate surface area is 195 Å². The van der Waals surface area contributed by atoms with Crippen LogP contribution in [0, 0.1) is 35.5 Å². The molecule has 33 heavy (non-hydrogen) atoms. The van der Waals surface area contributed by atoms with E-state index >= 15 is 0 Å². The molecule has 5 nitrogen and oxygen atoms in total. The number of carbonyl (C=O) groups excluding carboxylic acids is 1. The van der Waals surface area contributed by atoms with Gasteiger partial charge in [0.25, 0.3) is 5.56 Å². The van der Waals surface area contributed by atoms with Gasteiger partial charge in [-0.25, -0.2) is 0 Å². The van der Waals surface area contributed by atoms with Crippen molar-refractivity contribution in [1.82, 2.24) is 9.47 Å². The van der Waals surface area contributed by atoms with Crippen LogP contribution in [0.1, 0.15) is 57.4 Å². The number of pyridine rings is 1. The van der Waals surface area contributed by atoms with Gasteiger partial charge in [0.15, 0.2) is 0 Å². The van der Waals surface area contributed by atoms with E-state index in [1.807, 2.05) is 35.0 Å². The van der Waals surface area contributed by atoms with Crippen molar-refractivity contribution in [2.75, 3.05) is 25.0 Å². The third kappa shape index (κ3) is 3.38. The molecule has 1 atom stereocenters. The van der Waals surface area contributed by atoms with Crippen molar-refractivity contribution in [2.24, 2.45) is 35.5 Å². The summed E-state index contributed by atoms with van der Waals surface area (Å²) in [5.41, 5.74) is 0.878. The molecule has 4 heterocycles. The Balaban J connectivity index is 1.12. The Morgan fingerprint density at radius 2 is 1.64 bits per heavy atom. The lowest BCUT2D eigenvalue weighted by Gasteiger charge is -2.54. The largest absolute Gasteiger partial charge is 0.326 e. The highest BCUT2D eigenvalue weighted by atomic mass is 16.1. The first-order chi connectivity index (χ1) is 16.1. The standard InChI is InChI=1S/C28H35N3O2/c32-27(15-24-20-11-17-10-18(13-20)14-21(24)12-17)29-25-3-1-2-23-22(25)6-9-31(28(23)33)26-16-30-7-4-19(26)5-8-30/h1-3,6,9,17-21,24,26H,4-5,7-8,10-16H2,(H,29,32). The second-order valence-corrected chi connectivity index (χ2v) is 11.8. The van der Waals surface area contributed by atoms with Crippen molar-refractivity contribution in [1.29, 1.82) is 0 Å². The predicted octanol–water partition coefficient (Wildman–Crippen LogP) is 4.67. The van der Waals surface area contributed by atoms with Crippen LogP contribution >= 0.6 is 0 Å². The molecule has 4 saturated carbocycles. The summed E-state index contributed by atoms with van der Waals surface area (Å²) in [6.07, 6.45) is 11.8. The fourth-order valence-corrected chi connectivity index (χ4v) is 8.70. The Kier molecular flexibility index (Phi) is 4.72. The smallest absolute Gasteiger partial charge is 0.258 e. The van der Waals surface area contributed by atoms with E-state index in [1.165, 1.54) is 58.0 Å². The van der Waals surface area contributed by atoms with Crippen molar-refractivity contribution in [3.8, 4) is 0 Å². The van der Waals surface area contributed by atoms with E-state index < -0.39 is 0 Å². The highest BCUT2D eigenvalue weighted by Crippen LogP contribution is 2.57. The van der Waals surface area contributed by atoms with Crippen LogP contribution in [0.3, 0.4) is 0 Å². The Morgan fingerprint density at radius 1 is 0.909 bits per heavy atom. The number of fused-ring (bicyclic) bond motifs is 4. The molecule has 1 amide bonds. The van der Waals surface area contributed by atoms with Gasteiger partial charge >= 0.3 is 0 Å². The van der Waals surface area contributed by atoms with Gasteiger partial charge in [0.2, 0.25) is 5.91 Å². The van der Waals surface area contributed by atoms with E-state index in [0.717, 1.165) is 46.7 Å². The van der Waals surface area contributed by atoms with Crippen molar-refractivity contribution in [3.05, 3.63) is 40.8 Å². The fourth-order valence-electron chi connectivity index (χ4n) is 8.70. The number of hydrogen-bond donors (Lipinski definition) is 1. The molecule has 9 rings (SSSR count). The maximum absolute atomic E-state index is 13.5. The first kappa shape index (κ1) is 20.3. The topological polar surface area (TPSA) is 54.3 Å². The quantitative estimate of drug-likeness (QED) is 0.744. The summed E-state index contributed by atoms with van der Waals surface area (Å²) >= 11 is 0. The van der Waals surface area contributed by atoms with Crippen LogP contribution in [-0.4, -0.2) is 35.0 Å². The van der Waals surface area contributed by atoms with E-state index in [9.17, 15) is 9.59 Å². The molecule has 1 aromatic heterocycles. The zero-order valence-corrected chi connectivity index (χ0v) is 19.4. The molecular weight excluding hydrogens is 410 g/mol. The van der Waals surface area contributed by atoms with Crippen LogP contribution in [0.2, 0.25) is 0 Å². The van der Waals surface area contributed by atoms with Gasteiger partial charge in [-0.15, -0.1) is 0 Å². The molecule has 3 aliphatic heterocycles. The maximum Gasteiger partial charge on any atom is 0.258 e. The number of benzene rings is 1. The molecule has 5 heteroatoms. The molecule has 0 spiro atoms. The third-order valence-corrected chi connectivity index (χ3v) is 10.1. The predicted molar refractivity (Wildman–Crippen MR) is 130 cm³/mol. The average Bonchev–Trinajstić information content (AvgIpc) is 2.82. The van der Waals surface area contributed by atoms with Crippen LogP contribution in [0.15, 0.2) is 35.3 Å². The average molecular weight is 446 g/mol. The Bertz CT molecular complexity index is 1120. The summed E-state index contributed by atoms with van der Waals surface area (Å²) < 4.78 is 1.97. The van der Waals surface area contributed by atoms with Gasteiger partial charge in [-0.05, 0) is 112 Å². The van der Waals surface area contributed by atoms with Crippen molar-refractivity contribution in [2.45, 2.75) is 57.4 Å². The molecule has 2 aromatic rings. The van der Waals surface area contributed by atoms with Crippen LogP contribution in [-0.2, 0) is 4.79 Å². The summed E-state index contributed by atoms with van der Waals surface area (Å²) in [4.78, 5) is 29.1. The van der Waals surface area contributed by atoms with Gasteiger partial charge in [0.05, 0.1) is 6.04 Å². The lowest BCUT2D eigenvalue weighted by atomic mass is 9.51. The van der Waals surface area contributed by atoms with E-state index in [-0.39, 0.29) is 17.5 Å². The molecule has 7 aliphatic rings. The van der Waals surface area contributed by atoms with Gasteiger partial charge in [-0.2, -0.15) is 0 Å². The summed E-state index contributed by atoms with van der Waals surface area (Å²) in [7, 11) is 0. The molecule has 174 valence electrons. The third-order valence-electron chi connectivity index (χ3n) is 10.1. The lowest BCUT2D eigenvalue weighted by molar-refractivity contribution is -0.121. The molecule has 6 bridgehead atoms. The van der Waals surface area contributed by atoms with E-state index in [0.29, 0.717) is 18.3 Å². The number of rotatable bonds is 4. The van der Waals surface area contributed by atoms with Crippen molar-refractivity contribution in [3.63, 3.8) is 0 Å². The van der Waals surface area contributed by atoms with Gasteiger partial charge in [0.1, 0.15) is 0 Å². The number of piperidine rings is 3. The molecule has 1 unspecified atom stereocenters. The minimum atomic E-state index is 0.0865. The second kappa shape index (κ2) is 7.69. The molecule has 0 radical (unpaired) electrons. The van der Waals surface area contributed by atoms with Gasteiger partial charge in [0, 0.05) is 35.6 Å². The van der Waals surface area contributed by atoms with Crippen LogP contribution in [0.25, 0.3) is 10.8 Å². The highest BCUT2D eigenvalue weighted by Gasteiger charge is 2.48. The zero-order chi connectivity index (χ0) is 22.1. The fraction of sp³-hybridized carbons (Fsp3) is 0.643. The lowest BCUT2D eigenvalue weighted by Crippen LogP contribution is -2.49. The van der Waals surface area contributed by atoms with E-state index in [1.54, 1.807) is 0 Å². The molecule has 7 fully saturated rings. The molecular formula is C28H35N3O2. The summed E-state index contributed by atoms with van der Waals surface area (Å²) in [6, 6.07) is 8.12. The van der Waals surface area contributed by atoms with Crippen molar-refractivity contribution < 1.29 is 4.79 Å². The molecule has 3 saturated heterocycles. The number of amides is 1. The highest BCUT2D eigenvalue weighted by molar-refractivity contribution is 6.01. The number of nitrogens with zero attached hydrogens (tertiary/aromatic N) is 2. The van der Waals surface area contributed by atoms with Gasteiger partial charge in [-0.1, -0.05) is 6.07 Å². The number of carbonyl (C=O) groups is 1. The van der Waals surface area contributed by atoms with Gasteiger partial charge in [-0.3, -0.25) is 9.59 Å². The minimum absolute atomic E-state index is 0.0865. The van der Waals surface area contributed by atoms with Crippen LogP contribution < -0.4 is 10.9 Å². The second-order valence-electron chi connectivity index (χ2n) is 11.8. The Hall–Kier alpha value is -2.14. The first-order valence-corrected chi connectivity index (χ1v) is 13.3. The van der Waals surface area contributed by atoms with Gasteiger partial charge < -0.3 is 14.8 Å². The number of hydrogen-bond acceptors (Lipinski definition) is 3. The van der Waals surface area contributed by atoms with Crippen LogP contribution in [0.4, 0.5) is 5.69 Å². The van der Waals surface area contributed by atoms with E-state index in [2.05, 4.69) is 10.2 Å². The Morgan fingerprint density at radius 3 is 2.30 bits per heavy atom. The molecule has 1 N–H and O–H groups in total. The monoisotopic (exact) mass is 445 g/mol. The zero-order valence-electron chi connectivity index (χ0n) is 19.4. The molecule has 4 aliphatic carbocycles. The minimum Gasteiger partial charge on any atom is -0.326 e. The summed E-state index contributed by atoms with van der Waals surface area (Å²) in [6.45, 7) is 3.32. The normalized spacial score (nSPS) is 38.7. The maximum atomic E-state index is 13.5. The van der Waals surface area contributed by atoms with Crippen molar-refractivity contribution >= 4 is 22.4 Å². The first-order valence-electron chi connectivity index (χ1n) is 13.3. The number of anilines is 1. The number of nitrogens with one attached hydrogen (secondary N) is 1.